The predicted octanol–water partition coefficient (Wildman–Crippen LogP) is 10.7. The minimum absolute atomic E-state index is 0.117. The molecule has 230 valence electrons. The van der Waals surface area contributed by atoms with Crippen molar-refractivity contribution in [2.75, 3.05) is 0 Å². The quantitative estimate of drug-likeness (QED) is 0.191. The smallest absolute Gasteiger partial charge is 0.165 e. The van der Waals surface area contributed by atoms with Gasteiger partial charge in [-0.05, 0) is 74.7 Å². The van der Waals surface area contributed by atoms with E-state index in [9.17, 15) is 0 Å². The molecule has 3 heteroatoms. The maximum Gasteiger partial charge on any atom is 0.165 e. The molecule has 0 N–H and O–H groups in total. The van der Waals surface area contributed by atoms with E-state index in [0.717, 1.165) is 45.3 Å². The van der Waals surface area contributed by atoms with E-state index in [1.165, 1.54) is 50.1 Å². The molecule has 49 heavy (non-hydrogen) atoms. The van der Waals surface area contributed by atoms with Crippen molar-refractivity contribution in [3.05, 3.63) is 191 Å². The first-order chi connectivity index (χ1) is 24.2. The van der Waals surface area contributed by atoms with E-state index in [1.807, 2.05) is 18.2 Å². The lowest BCUT2D eigenvalue weighted by Crippen LogP contribution is -2.32. The van der Waals surface area contributed by atoms with Crippen LogP contribution in [0.5, 0.6) is 0 Å². The highest BCUT2D eigenvalue weighted by atomic mass is 15.1. The minimum Gasteiger partial charge on any atom is -0.284 e. The van der Waals surface area contributed by atoms with Gasteiger partial charge in [-0.15, -0.1) is 0 Å². The Balaban J connectivity index is 1.13. The minimum atomic E-state index is -0.332. The molecule has 0 fully saturated rings. The molecule has 11 rings (SSSR count). The fraction of sp³-hybridized carbons (Fsp3) is 0.0870. The van der Waals surface area contributed by atoms with Gasteiger partial charge < -0.3 is 0 Å². The van der Waals surface area contributed by atoms with Crippen molar-refractivity contribution in [2.45, 2.75) is 24.2 Å². The lowest BCUT2D eigenvalue weighted by atomic mass is 9.64. The van der Waals surface area contributed by atoms with Gasteiger partial charge in [0.05, 0.1) is 11.1 Å². The van der Waals surface area contributed by atoms with Crippen molar-refractivity contribution in [3.8, 4) is 22.4 Å². The molecule has 3 aromatic heterocycles. The summed E-state index contributed by atoms with van der Waals surface area (Å²) in [6.45, 7) is 2.46. The van der Waals surface area contributed by atoms with Crippen molar-refractivity contribution >= 4 is 33.2 Å². The number of imidazole rings is 1. The van der Waals surface area contributed by atoms with Crippen molar-refractivity contribution in [1.82, 2.24) is 14.4 Å². The van der Waals surface area contributed by atoms with Gasteiger partial charge in [0, 0.05) is 27.9 Å². The van der Waals surface area contributed by atoms with Crippen molar-refractivity contribution in [2.24, 2.45) is 0 Å². The molecule has 0 aliphatic heterocycles. The van der Waals surface area contributed by atoms with Gasteiger partial charge in [0.25, 0.3) is 0 Å². The van der Waals surface area contributed by atoms with Crippen LogP contribution in [0.2, 0.25) is 0 Å². The van der Waals surface area contributed by atoms with Gasteiger partial charge in [0.15, 0.2) is 5.65 Å². The van der Waals surface area contributed by atoms with Gasteiger partial charge in [-0.2, -0.15) is 0 Å². The zero-order valence-corrected chi connectivity index (χ0v) is 27.1. The maximum absolute atomic E-state index is 5.31. The Labute approximate surface area is 284 Å². The van der Waals surface area contributed by atoms with Crippen LogP contribution in [0.15, 0.2) is 163 Å². The highest BCUT2D eigenvalue weighted by Crippen LogP contribution is 2.67. The van der Waals surface area contributed by atoms with Crippen LogP contribution >= 0.6 is 0 Å². The molecule has 3 nitrogen and oxygen atoms in total. The lowest BCUT2D eigenvalue weighted by Gasteiger charge is -2.38. The van der Waals surface area contributed by atoms with Crippen molar-refractivity contribution < 1.29 is 0 Å². The molecule has 1 unspecified atom stereocenters. The van der Waals surface area contributed by atoms with Crippen LogP contribution in [0.4, 0.5) is 0 Å². The summed E-state index contributed by atoms with van der Waals surface area (Å²) in [5.41, 5.74) is 16.6. The van der Waals surface area contributed by atoms with E-state index in [0.29, 0.717) is 0 Å². The molecule has 5 aromatic carbocycles. The molecule has 0 amide bonds. The summed E-state index contributed by atoms with van der Waals surface area (Å²) in [6, 6.07) is 51.0. The van der Waals surface area contributed by atoms with E-state index in [1.54, 1.807) is 0 Å². The molecule has 8 aromatic rings. The summed E-state index contributed by atoms with van der Waals surface area (Å²) < 4.78 is 2.10. The number of benzene rings is 5. The molecular weight excluding hydrogens is 595 g/mol. The monoisotopic (exact) mass is 625 g/mol. The third kappa shape index (κ3) is 3.37. The van der Waals surface area contributed by atoms with Crippen LogP contribution < -0.4 is 0 Å². The van der Waals surface area contributed by atoms with Crippen LogP contribution in [-0.2, 0) is 10.8 Å². The summed E-state index contributed by atoms with van der Waals surface area (Å²) >= 11 is 0. The maximum atomic E-state index is 5.31. The van der Waals surface area contributed by atoms with Crippen molar-refractivity contribution in [3.63, 3.8) is 0 Å². The number of fused-ring (bicyclic) bond motifs is 15. The average molecular weight is 626 g/mol. The van der Waals surface area contributed by atoms with Gasteiger partial charge in [-0.1, -0.05) is 140 Å². The summed E-state index contributed by atoms with van der Waals surface area (Å²) in [6.07, 6.45) is 7.99. The number of aromatic nitrogens is 3. The zero-order valence-electron chi connectivity index (χ0n) is 27.1. The Bertz CT molecular complexity index is 2730. The molecule has 1 atom stereocenters. The Morgan fingerprint density at radius 2 is 1.24 bits per heavy atom. The summed E-state index contributed by atoms with van der Waals surface area (Å²) in [7, 11) is 0. The Hall–Kier alpha value is -6.06. The van der Waals surface area contributed by atoms with Gasteiger partial charge in [-0.25, -0.2) is 9.97 Å². The average Bonchev–Trinajstić information content (AvgIpc) is 3.77. The van der Waals surface area contributed by atoms with Gasteiger partial charge >= 0.3 is 0 Å². The Morgan fingerprint density at radius 3 is 2.04 bits per heavy atom. The molecule has 3 aliphatic rings. The standard InChI is InChI=1S/C46H31N3/c1-45-25-24-30(28-40(45)46(39-22-9-8-21-38(39)45)36-19-6-4-15-32(36)33-16-5-7-20-37(33)46)29-13-12-14-31(27-29)42-34-17-2-3-18-35(34)43-44(48-42)49-26-11-10-23-41(49)47-43/h2-24,26-28H,25H2,1H3. The van der Waals surface area contributed by atoms with E-state index >= 15 is 0 Å². The molecule has 3 heterocycles. The molecule has 0 bridgehead atoms. The molecule has 1 spiro atoms. The largest absolute Gasteiger partial charge is 0.284 e. The molecular formula is C46H31N3. The summed E-state index contributed by atoms with van der Waals surface area (Å²) in [5, 5.41) is 2.24. The van der Waals surface area contributed by atoms with Crippen LogP contribution in [0.1, 0.15) is 41.2 Å². The van der Waals surface area contributed by atoms with Crippen LogP contribution in [0.25, 0.3) is 55.5 Å². The topological polar surface area (TPSA) is 30.2 Å². The van der Waals surface area contributed by atoms with Crippen LogP contribution in [0.3, 0.4) is 0 Å². The van der Waals surface area contributed by atoms with Gasteiger partial charge in [0.1, 0.15) is 11.2 Å². The number of nitrogens with zero attached hydrogens (tertiary/aromatic N) is 3. The number of allylic oxidation sites excluding steroid dienone is 4. The number of rotatable bonds is 2. The highest BCUT2D eigenvalue weighted by Gasteiger charge is 2.59. The van der Waals surface area contributed by atoms with Gasteiger partial charge in [0.2, 0.25) is 0 Å². The van der Waals surface area contributed by atoms with E-state index < -0.39 is 0 Å². The summed E-state index contributed by atoms with van der Waals surface area (Å²) in [5.74, 6) is 0. The second-order valence-electron chi connectivity index (χ2n) is 13.9. The molecule has 0 saturated carbocycles. The number of hydrogen-bond acceptors (Lipinski definition) is 2. The van der Waals surface area contributed by atoms with Crippen LogP contribution in [-0.4, -0.2) is 14.4 Å². The molecule has 0 radical (unpaired) electrons. The van der Waals surface area contributed by atoms with E-state index in [4.69, 9.17) is 9.97 Å². The zero-order chi connectivity index (χ0) is 32.3. The first-order valence-electron chi connectivity index (χ1n) is 17.1. The number of pyridine rings is 2. The second-order valence-corrected chi connectivity index (χ2v) is 13.9. The third-order valence-electron chi connectivity index (χ3n) is 11.5. The molecule has 3 aliphatic carbocycles. The second kappa shape index (κ2) is 9.52. The fourth-order valence-corrected chi connectivity index (χ4v) is 9.43. The normalized spacial score (nSPS) is 18.3. The van der Waals surface area contributed by atoms with E-state index in [-0.39, 0.29) is 10.8 Å². The first-order valence-corrected chi connectivity index (χ1v) is 17.1. The first kappa shape index (κ1) is 26.9. The van der Waals surface area contributed by atoms with Crippen LogP contribution in [0, 0.1) is 0 Å². The number of hydrogen-bond donors (Lipinski definition) is 0. The fourth-order valence-electron chi connectivity index (χ4n) is 9.43. The highest BCUT2D eigenvalue weighted by molar-refractivity contribution is 6.09. The van der Waals surface area contributed by atoms with Gasteiger partial charge in [-0.3, -0.25) is 4.40 Å². The molecule has 0 saturated heterocycles. The van der Waals surface area contributed by atoms with Crippen molar-refractivity contribution in [1.29, 1.82) is 0 Å². The predicted molar refractivity (Wildman–Crippen MR) is 200 cm³/mol. The summed E-state index contributed by atoms with van der Waals surface area (Å²) in [4.78, 5) is 10.3. The Morgan fingerprint density at radius 1 is 0.592 bits per heavy atom. The lowest BCUT2D eigenvalue weighted by molar-refractivity contribution is 0.545. The third-order valence-corrected chi connectivity index (χ3v) is 11.5. The Kier molecular flexibility index (Phi) is 5.23. The van der Waals surface area contributed by atoms with E-state index in [2.05, 4.69) is 151 Å². The SMILES string of the molecule is CC12CC=C(c3cccc(-c4nc5c(nc6ccccn65)c5ccccc45)c3)C=C1C1(c3ccccc3-c3ccccc31)c1ccccc12.